The Morgan fingerprint density at radius 2 is 2.07 bits per heavy atom. The topological polar surface area (TPSA) is 85.2 Å². The average molecular weight is 413 g/mol. The van der Waals surface area contributed by atoms with Crippen LogP contribution in [0.5, 0.6) is 0 Å². The molecule has 0 spiro atoms. The number of hydrogen-bond donors (Lipinski definition) is 0. The average Bonchev–Trinajstić information content (AvgIpc) is 3.17. The van der Waals surface area contributed by atoms with Crippen molar-refractivity contribution < 1.29 is 17.6 Å². The Balaban J connectivity index is 1.72. The number of aromatic nitrogens is 3. The molecule has 0 saturated carbocycles. The summed E-state index contributed by atoms with van der Waals surface area (Å²) >= 11 is 1.21. The third-order valence-corrected chi connectivity index (χ3v) is 7.56. The Morgan fingerprint density at radius 1 is 1.37 bits per heavy atom. The van der Waals surface area contributed by atoms with Crippen LogP contribution in [0.3, 0.4) is 0 Å². The molecule has 0 unspecified atom stereocenters. The van der Waals surface area contributed by atoms with E-state index in [0.29, 0.717) is 23.0 Å². The zero-order valence-corrected chi connectivity index (χ0v) is 16.9. The fraction of sp³-hybridized carbons (Fsp3) is 0.471. The summed E-state index contributed by atoms with van der Waals surface area (Å²) in [6.45, 7) is 1.74. The van der Waals surface area contributed by atoms with Crippen molar-refractivity contribution in [2.45, 2.75) is 29.8 Å². The van der Waals surface area contributed by atoms with Crippen LogP contribution in [0, 0.1) is 5.82 Å². The predicted molar refractivity (Wildman–Crippen MR) is 102 cm³/mol. The van der Waals surface area contributed by atoms with Crippen molar-refractivity contribution in [3.63, 3.8) is 0 Å². The van der Waals surface area contributed by atoms with Gasteiger partial charge in [-0.05, 0) is 25.5 Å². The molecule has 2 atom stereocenters. The second kappa shape index (κ2) is 7.59. The summed E-state index contributed by atoms with van der Waals surface area (Å²) in [5, 5.41) is 8.14. The number of carbonyl (C=O) groups excluding carboxylic acids is 1. The molecular weight excluding hydrogens is 391 g/mol. The lowest BCUT2D eigenvalue weighted by molar-refractivity contribution is -0.130. The number of hydrogen-bond acceptors (Lipinski definition) is 6. The fourth-order valence-corrected chi connectivity index (χ4v) is 5.74. The maximum absolute atomic E-state index is 14.0. The van der Waals surface area contributed by atoms with E-state index in [4.69, 9.17) is 0 Å². The van der Waals surface area contributed by atoms with E-state index in [2.05, 4.69) is 10.2 Å². The van der Waals surface area contributed by atoms with Crippen molar-refractivity contribution in [1.82, 2.24) is 19.7 Å². The highest BCUT2D eigenvalue weighted by Crippen LogP contribution is 2.28. The van der Waals surface area contributed by atoms with Gasteiger partial charge in [0.15, 0.2) is 20.8 Å². The Bertz CT molecular complexity index is 961. The first-order valence-corrected chi connectivity index (χ1v) is 11.2. The molecule has 1 aromatic heterocycles. The zero-order chi connectivity index (χ0) is 19.8. The van der Waals surface area contributed by atoms with E-state index in [1.54, 1.807) is 43.8 Å². The summed E-state index contributed by atoms with van der Waals surface area (Å²) in [4.78, 5) is 14.2. The summed E-state index contributed by atoms with van der Waals surface area (Å²) in [6, 6.07) is 6.00. The van der Waals surface area contributed by atoms with E-state index in [1.807, 2.05) is 0 Å². The maximum atomic E-state index is 14.0. The van der Waals surface area contributed by atoms with Crippen LogP contribution in [0.15, 0.2) is 29.4 Å². The van der Waals surface area contributed by atoms with Gasteiger partial charge in [-0.3, -0.25) is 4.79 Å². The summed E-state index contributed by atoms with van der Waals surface area (Å²) in [6.07, 6.45) is 0.462. The van der Waals surface area contributed by atoms with Gasteiger partial charge < -0.3 is 9.47 Å². The van der Waals surface area contributed by atoms with Crippen molar-refractivity contribution in [3.8, 4) is 11.4 Å². The summed E-state index contributed by atoms with van der Waals surface area (Å²) in [5.74, 6) is -0.0565. The molecule has 1 fully saturated rings. The lowest BCUT2D eigenvalue weighted by Crippen LogP contribution is -2.41. The molecule has 2 heterocycles. The quantitative estimate of drug-likeness (QED) is 0.696. The Labute approximate surface area is 161 Å². The SMILES string of the molecule is C[C@H](Sc1nnc(-c2ccccc2F)n1C)C(=O)N(C)[C@@H]1CCS(=O)(=O)C1. The highest BCUT2D eigenvalue weighted by atomic mass is 32.2. The smallest absolute Gasteiger partial charge is 0.235 e. The van der Waals surface area contributed by atoms with E-state index < -0.39 is 20.9 Å². The molecular formula is C17H21FN4O3S2. The molecule has 27 heavy (non-hydrogen) atoms. The Morgan fingerprint density at radius 3 is 2.70 bits per heavy atom. The predicted octanol–water partition coefficient (Wildman–Crippen LogP) is 1.75. The van der Waals surface area contributed by atoms with E-state index in [-0.39, 0.29) is 23.5 Å². The fourth-order valence-electron chi connectivity index (χ4n) is 3.05. The largest absolute Gasteiger partial charge is 0.341 e. The second-order valence-electron chi connectivity index (χ2n) is 6.61. The number of amides is 1. The molecule has 1 amide bonds. The van der Waals surface area contributed by atoms with Gasteiger partial charge >= 0.3 is 0 Å². The number of halogens is 1. The summed E-state index contributed by atoms with van der Waals surface area (Å²) < 4.78 is 38.9. The monoisotopic (exact) mass is 412 g/mol. The molecule has 1 saturated heterocycles. The normalized spacial score (nSPS) is 19.8. The molecule has 0 radical (unpaired) electrons. The van der Waals surface area contributed by atoms with Gasteiger partial charge in [0.2, 0.25) is 5.91 Å². The van der Waals surface area contributed by atoms with Crippen molar-refractivity contribution in [1.29, 1.82) is 0 Å². The minimum atomic E-state index is -3.06. The second-order valence-corrected chi connectivity index (χ2v) is 10.1. The number of benzene rings is 1. The molecule has 1 aromatic carbocycles. The van der Waals surface area contributed by atoms with Crippen LogP contribution in [0.4, 0.5) is 4.39 Å². The van der Waals surface area contributed by atoms with Crippen molar-refractivity contribution in [3.05, 3.63) is 30.1 Å². The first-order chi connectivity index (χ1) is 12.7. The van der Waals surface area contributed by atoms with Crippen LogP contribution in [-0.2, 0) is 21.7 Å². The van der Waals surface area contributed by atoms with Crippen LogP contribution in [0.1, 0.15) is 13.3 Å². The van der Waals surface area contributed by atoms with Gasteiger partial charge in [-0.15, -0.1) is 10.2 Å². The minimum Gasteiger partial charge on any atom is -0.341 e. The number of nitrogens with zero attached hydrogens (tertiary/aromatic N) is 4. The molecule has 0 bridgehead atoms. The van der Waals surface area contributed by atoms with Crippen molar-refractivity contribution >= 4 is 27.5 Å². The summed E-state index contributed by atoms with van der Waals surface area (Å²) in [7, 11) is 0.289. The van der Waals surface area contributed by atoms with Gasteiger partial charge in [0, 0.05) is 20.1 Å². The Kier molecular flexibility index (Phi) is 5.57. The first-order valence-electron chi connectivity index (χ1n) is 8.47. The van der Waals surface area contributed by atoms with E-state index >= 15 is 0 Å². The van der Waals surface area contributed by atoms with Gasteiger partial charge in [-0.1, -0.05) is 23.9 Å². The lowest BCUT2D eigenvalue weighted by atomic mass is 10.2. The minimum absolute atomic E-state index is 0.00796. The highest BCUT2D eigenvalue weighted by molar-refractivity contribution is 8.00. The van der Waals surface area contributed by atoms with Gasteiger partial charge in [-0.2, -0.15) is 0 Å². The summed E-state index contributed by atoms with van der Waals surface area (Å²) in [5.41, 5.74) is 0.339. The zero-order valence-electron chi connectivity index (χ0n) is 15.3. The van der Waals surface area contributed by atoms with Crippen LogP contribution >= 0.6 is 11.8 Å². The van der Waals surface area contributed by atoms with Crippen LogP contribution < -0.4 is 0 Å². The standard InChI is InChI=1S/C17H21FN4O3S2/c1-11(16(23)21(2)12-8-9-27(24,25)10-12)26-17-20-19-15(22(17)3)13-6-4-5-7-14(13)18/h4-7,11-12H,8-10H2,1-3H3/t11-,12+/m0/s1. The molecule has 2 aromatic rings. The van der Waals surface area contributed by atoms with E-state index in [1.165, 1.54) is 22.7 Å². The molecule has 0 N–H and O–H groups in total. The van der Waals surface area contributed by atoms with Crippen molar-refractivity contribution in [2.75, 3.05) is 18.6 Å². The first kappa shape index (κ1) is 19.8. The number of carbonyl (C=O) groups is 1. The van der Waals surface area contributed by atoms with Crippen molar-refractivity contribution in [2.24, 2.45) is 7.05 Å². The van der Waals surface area contributed by atoms with Crippen LogP contribution in [-0.4, -0.2) is 63.8 Å². The Hall–Kier alpha value is -1.94. The molecule has 146 valence electrons. The number of rotatable bonds is 5. The molecule has 7 nitrogen and oxygen atoms in total. The molecule has 0 aliphatic carbocycles. The van der Waals surface area contributed by atoms with Crippen LogP contribution in [0.2, 0.25) is 0 Å². The molecule has 1 aliphatic heterocycles. The van der Waals surface area contributed by atoms with Crippen LogP contribution in [0.25, 0.3) is 11.4 Å². The lowest BCUT2D eigenvalue weighted by Gasteiger charge is -2.26. The highest BCUT2D eigenvalue weighted by Gasteiger charge is 2.34. The third-order valence-electron chi connectivity index (χ3n) is 4.68. The van der Waals surface area contributed by atoms with Gasteiger partial charge in [0.05, 0.1) is 22.3 Å². The van der Waals surface area contributed by atoms with Gasteiger partial charge in [0.1, 0.15) is 5.82 Å². The van der Waals surface area contributed by atoms with E-state index in [0.717, 1.165) is 0 Å². The van der Waals surface area contributed by atoms with E-state index in [9.17, 15) is 17.6 Å². The maximum Gasteiger partial charge on any atom is 0.235 e. The molecule has 1 aliphatic rings. The number of sulfone groups is 1. The van der Waals surface area contributed by atoms with Gasteiger partial charge in [-0.25, -0.2) is 12.8 Å². The third kappa shape index (κ3) is 4.16. The van der Waals surface area contributed by atoms with Gasteiger partial charge in [0.25, 0.3) is 0 Å². The molecule has 3 rings (SSSR count). The number of thioether (sulfide) groups is 1. The molecule has 10 heteroatoms.